The van der Waals surface area contributed by atoms with Crippen molar-refractivity contribution < 1.29 is 4.92 Å². The van der Waals surface area contributed by atoms with E-state index in [9.17, 15) is 10.1 Å². The van der Waals surface area contributed by atoms with E-state index in [0.717, 1.165) is 32.5 Å². The normalized spacial score (nSPS) is 23.6. The van der Waals surface area contributed by atoms with Crippen molar-refractivity contribution >= 4 is 11.4 Å². The van der Waals surface area contributed by atoms with Crippen molar-refractivity contribution in [2.24, 2.45) is 5.41 Å². The number of hydrogen-bond donors (Lipinski definition) is 2. The van der Waals surface area contributed by atoms with Gasteiger partial charge in [0, 0.05) is 19.3 Å². The van der Waals surface area contributed by atoms with Crippen LogP contribution in [0.25, 0.3) is 0 Å². The molecule has 0 radical (unpaired) electrons. The SMILES string of the molecule is CC1(CNc2ccncc2[N+](=O)[O-])CCCNC1. The van der Waals surface area contributed by atoms with E-state index < -0.39 is 4.92 Å². The van der Waals surface area contributed by atoms with Crippen LogP contribution in [0, 0.1) is 15.5 Å². The number of rotatable bonds is 4. The summed E-state index contributed by atoms with van der Waals surface area (Å²) in [4.78, 5) is 14.2. The minimum atomic E-state index is -0.406. The summed E-state index contributed by atoms with van der Waals surface area (Å²) in [5, 5.41) is 17.4. The van der Waals surface area contributed by atoms with Gasteiger partial charge in [0.15, 0.2) is 0 Å². The molecule has 1 saturated heterocycles. The van der Waals surface area contributed by atoms with Gasteiger partial charge in [-0.05, 0) is 30.9 Å². The molecule has 0 aromatic carbocycles. The van der Waals surface area contributed by atoms with Crippen LogP contribution >= 0.6 is 0 Å². The number of nitrogens with one attached hydrogen (secondary N) is 2. The van der Waals surface area contributed by atoms with E-state index in [1.165, 1.54) is 6.20 Å². The van der Waals surface area contributed by atoms with Gasteiger partial charge in [-0.1, -0.05) is 6.92 Å². The average molecular weight is 250 g/mol. The number of aromatic nitrogens is 1. The zero-order valence-electron chi connectivity index (χ0n) is 10.5. The molecule has 6 nitrogen and oxygen atoms in total. The lowest BCUT2D eigenvalue weighted by molar-refractivity contribution is -0.384. The van der Waals surface area contributed by atoms with E-state index in [4.69, 9.17) is 0 Å². The standard InChI is InChI=1S/C12H18N4O2/c1-12(4-2-5-14-8-12)9-15-10-3-6-13-7-11(10)16(17)18/h3,6-7,14H,2,4-5,8-9H2,1H3,(H,13,15). The highest BCUT2D eigenvalue weighted by molar-refractivity contribution is 5.59. The second-order valence-electron chi connectivity index (χ2n) is 5.09. The van der Waals surface area contributed by atoms with Gasteiger partial charge in [-0.25, -0.2) is 0 Å². The Morgan fingerprint density at radius 3 is 3.17 bits per heavy atom. The van der Waals surface area contributed by atoms with E-state index in [0.29, 0.717) is 5.69 Å². The molecule has 0 spiro atoms. The fraction of sp³-hybridized carbons (Fsp3) is 0.583. The third kappa shape index (κ3) is 2.95. The largest absolute Gasteiger partial charge is 0.379 e. The Morgan fingerprint density at radius 1 is 1.67 bits per heavy atom. The van der Waals surface area contributed by atoms with E-state index >= 15 is 0 Å². The highest BCUT2D eigenvalue weighted by Gasteiger charge is 2.27. The predicted molar refractivity (Wildman–Crippen MR) is 69.6 cm³/mol. The third-order valence-corrected chi connectivity index (χ3v) is 3.39. The van der Waals surface area contributed by atoms with E-state index in [1.807, 2.05) is 0 Å². The highest BCUT2D eigenvalue weighted by atomic mass is 16.6. The maximum absolute atomic E-state index is 10.9. The maximum atomic E-state index is 10.9. The summed E-state index contributed by atoms with van der Waals surface area (Å²) < 4.78 is 0. The van der Waals surface area contributed by atoms with Gasteiger partial charge in [0.1, 0.15) is 11.9 Å². The average Bonchev–Trinajstić information content (AvgIpc) is 2.38. The minimum absolute atomic E-state index is 0.0323. The molecule has 18 heavy (non-hydrogen) atoms. The highest BCUT2D eigenvalue weighted by Crippen LogP contribution is 2.28. The first kappa shape index (κ1) is 12.8. The van der Waals surface area contributed by atoms with Crippen LogP contribution in [-0.4, -0.2) is 29.5 Å². The Kier molecular flexibility index (Phi) is 3.76. The van der Waals surface area contributed by atoms with Crippen LogP contribution in [0.2, 0.25) is 0 Å². The summed E-state index contributed by atoms with van der Waals surface area (Å²) >= 11 is 0. The number of nitrogens with zero attached hydrogens (tertiary/aromatic N) is 2. The van der Waals surface area contributed by atoms with Gasteiger partial charge >= 0.3 is 5.69 Å². The number of piperidine rings is 1. The topological polar surface area (TPSA) is 80.1 Å². The fourth-order valence-electron chi connectivity index (χ4n) is 2.26. The van der Waals surface area contributed by atoms with E-state index in [2.05, 4.69) is 22.5 Å². The van der Waals surface area contributed by atoms with Gasteiger partial charge in [-0.3, -0.25) is 15.1 Å². The van der Waals surface area contributed by atoms with Crippen LogP contribution in [0.15, 0.2) is 18.5 Å². The first-order valence-electron chi connectivity index (χ1n) is 6.14. The van der Waals surface area contributed by atoms with Crippen LogP contribution in [0.3, 0.4) is 0 Å². The zero-order valence-corrected chi connectivity index (χ0v) is 10.5. The molecule has 0 bridgehead atoms. The van der Waals surface area contributed by atoms with Crippen LogP contribution in [0.4, 0.5) is 11.4 Å². The molecule has 1 atom stereocenters. The lowest BCUT2D eigenvalue weighted by Crippen LogP contribution is -2.42. The van der Waals surface area contributed by atoms with Crippen molar-refractivity contribution in [3.63, 3.8) is 0 Å². The second kappa shape index (κ2) is 5.30. The van der Waals surface area contributed by atoms with E-state index in [-0.39, 0.29) is 11.1 Å². The second-order valence-corrected chi connectivity index (χ2v) is 5.09. The summed E-state index contributed by atoms with van der Waals surface area (Å²) in [6, 6.07) is 1.65. The van der Waals surface area contributed by atoms with Gasteiger partial charge in [0.05, 0.1) is 4.92 Å². The van der Waals surface area contributed by atoms with Crippen molar-refractivity contribution in [3.8, 4) is 0 Å². The van der Waals surface area contributed by atoms with Gasteiger partial charge in [-0.15, -0.1) is 0 Å². The lowest BCUT2D eigenvalue weighted by atomic mass is 9.83. The van der Waals surface area contributed by atoms with Crippen LogP contribution in [-0.2, 0) is 0 Å². The number of hydrogen-bond acceptors (Lipinski definition) is 5. The van der Waals surface area contributed by atoms with E-state index in [1.54, 1.807) is 12.3 Å². The molecule has 2 N–H and O–H groups in total. The summed E-state index contributed by atoms with van der Waals surface area (Å²) in [5.74, 6) is 0. The Bertz CT molecular complexity index is 430. The lowest BCUT2D eigenvalue weighted by Gasteiger charge is -2.34. The summed E-state index contributed by atoms with van der Waals surface area (Å²) in [6.07, 6.45) is 5.13. The molecule has 6 heteroatoms. The zero-order chi connectivity index (χ0) is 13.0. The number of pyridine rings is 1. The molecule has 1 aromatic rings. The summed E-state index contributed by atoms with van der Waals surface area (Å²) in [5.41, 5.74) is 0.724. The van der Waals surface area contributed by atoms with Gasteiger partial charge in [0.2, 0.25) is 0 Å². The number of nitro groups is 1. The van der Waals surface area contributed by atoms with Crippen molar-refractivity contribution in [2.45, 2.75) is 19.8 Å². The Labute approximate surface area is 106 Å². The van der Waals surface area contributed by atoms with Crippen LogP contribution < -0.4 is 10.6 Å². The molecule has 0 saturated carbocycles. The predicted octanol–water partition coefficient (Wildman–Crippen LogP) is 1.79. The monoisotopic (exact) mass is 250 g/mol. The third-order valence-electron chi connectivity index (χ3n) is 3.39. The molecule has 1 aromatic heterocycles. The number of anilines is 1. The van der Waals surface area contributed by atoms with Crippen LogP contribution in [0.1, 0.15) is 19.8 Å². The van der Waals surface area contributed by atoms with Crippen molar-refractivity contribution in [1.29, 1.82) is 0 Å². The molecule has 2 heterocycles. The molecular formula is C12H18N4O2. The molecule has 98 valence electrons. The van der Waals surface area contributed by atoms with Crippen molar-refractivity contribution in [2.75, 3.05) is 25.0 Å². The summed E-state index contributed by atoms with van der Waals surface area (Å²) in [7, 11) is 0. The quantitative estimate of drug-likeness (QED) is 0.629. The molecule has 0 aliphatic carbocycles. The van der Waals surface area contributed by atoms with Crippen LogP contribution in [0.5, 0.6) is 0 Å². The Hall–Kier alpha value is -1.69. The Balaban J connectivity index is 2.03. The fourth-order valence-corrected chi connectivity index (χ4v) is 2.26. The molecule has 0 amide bonds. The first-order valence-corrected chi connectivity index (χ1v) is 6.14. The van der Waals surface area contributed by atoms with Crippen molar-refractivity contribution in [1.82, 2.24) is 10.3 Å². The Morgan fingerprint density at radius 2 is 2.50 bits per heavy atom. The molecule has 1 unspecified atom stereocenters. The van der Waals surface area contributed by atoms with Gasteiger partial charge in [0.25, 0.3) is 0 Å². The smallest absolute Gasteiger partial charge is 0.310 e. The minimum Gasteiger partial charge on any atom is -0.379 e. The molecule has 1 fully saturated rings. The molecule has 1 aliphatic rings. The van der Waals surface area contributed by atoms with Gasteiger partial charge < -0.3 is 10.6 Å². The molecule has 2 rings (SSSR count). The first-order chi connectivity index (χ1) is 8.61. The summed E-state index contributed by atoms with van der Waals surface area (Å²) in [6.45, 7) is 4.92. The molecular weight excluding hydrogens is 232 g/mol. The van der Waals surface area contributed by atoms with Gasteiger partial charge in [-0.2, -0.15) is 0 Å². The van der Waals surface area contributed by atoms with Crippen molar-refractivity contribution in [3.05, 3.63) is 28.6 Å². The molecule has 1 aliphatic heterocycles. The maximum Gasteiger partial charge on any atom is 0.310 e.